The van der Waals surface area contributed by atoms with Crippen LogP contribution in [0, 0.1) is 6.92 Å². The third-order valence-corrected chi connectivity index (χ3v) is 4.36. The van der Waals surface area contributed by atoms with E-state index in [1.54, 1.807) is 37.5 Å². The van der Waals surface area contributed by atoms with Gasteiger partial charge in [-0.05, 0) is 54.0 Å². The smallest absolute Gasteiger partial charge is 0.315 e. The highest BCUT2D eigenvalue weighted by molar-refractivity contribution is 6.09. The largest absolute Gasteiger partial charge is 0.497 e. The molecule has 0 aliphatic rings. The van der Waals surface area contributed by atoms with E-state index in [1.165, 1.54) is 6.08 Å². The van der Waals surface area contributed by atoms with Gasteiger partial charge in [-0.1, -0.05) is 54.6 Å². The molecule has 29 heavy (non-hydrogen) atoms. The van der Waals surface area contributed by atoms with Crippen molar-refractivity contribution in [3.05, 3.63) is 101 Å². The van der Waals surface area contributed by atoms with Crippen LogP contribution in [-0.4, -0.2) is 18.9 Å². The third-order valence-electron chi connectivity index (χ3n) is 4.36. The lowest BCUT2D eigenvalue weighted by atomic mass is 10.1. The molecule has 0 atom stereocenters. The maximum Gasteiger partial charge on any atom is 0.315 e. The fourth-order valence-electron chi connectivity index (χ4n) is 2.81. The number of aryl methyl sites for hydroxylation is 1. The summed E-state index contributed by atoms with van der Waals surface area (Å²) >= 11 is 0. The number of esters is 1. The van der Waals surface area contributed by atoms with Crippen LogP contribution in [0.2, 0.25) is 0 Å². The van der Waals surface area contributed by atoms with Gasteiger partial charge in [-0.25, -0.2) is 0 Å². The molecular formula is C25H22O4. The molecule has 0 saturated heterocycles. The molecule has 0 amide bonds. The summed E-state index contributed by atoms with van der Waals surface area (Å²) in [6.45, 7) is 1.88. The van der Waals surface area contributed by atoms with Crippen LogP contribution in [0.15, 0.2) is 78.9 Å². The van der Waals surface area contributed by atoms with E-state index in [1.807, 2.05) is 55.5 Å². The van der Waals surface area contributed by atoms with E-state index in [2.05, 4.69) is 0 Å². The lowest BCUT2D eigenvalue weighted by molar-refractivity contribution is -0.133. The van der Waals surface area contributed by atoms with E-state index in [9.17, 15) is 9.59 Å². The Morgan fingerprint density at radius 2 is 1.66 bits per heavy atom. The zero-order valence-electron chi connectivity index (χ0n) is 16.4. The molecule has 0 unspecified atom stereocenters. The van der Waals surface area contributed by atoms with Crippen LogP contribution < -0.4 is 9.47 Å². The Labute approximate surface area is 170 Å². The number of methoxy groups -OCH3 is 1. The lowest BCUT2D eigenvalue weighted by Gasteiger charge is -2.10. The Morgan fingerprint density at radius 3 is 2.34 bits per heavy atom. The van der Waals surface area contributed by atoms with E-state index < -0.39 is 5.97 Å². The van der Waals surface area contributed by atoms with Crippen molar-refractivity contribution in [3.8, 4) is 11.5 Å². The Morgan fingerprint density at radius 1 is 0.931 bits per heavy atom. The third kappa shape index (κ3) is 5.66. The second kappa shape index (κ2) is 9.51. The van der Waals surface area contributed by atoms with Crippen molar-refractivity contribution < 1.29 is 19.1 Å². The maximum atomic E-state index is 12.7. The Hall–Kier alpha value is -3.66. The van der Waals surface area contributed by atoms with Crippen LogP contribution in [0.1, 0.15) is 27.0 Å². The molecule has 3 aromatic carbocycles. The van der Waals surface area contributed by atoms with Crippen LogP contribution in [0.5, 0.6) is 11.5 Å². The zero-order valence-corrected chi connectivity index (χ0v) is 16.4. The van der Waals surface area contributed by atoms with Crippen LogP contribution in [-0.2, 0) is 11.2 Å². The summed E-state index contributed by atoms with van der Waals surface area (Å²) in [4.78, 5) is 25.1. The normalized spacial score (nSPS) is 10.7. The van der Waals surface area contributed by atoms with Crippen molar-refractivity contribution >= 4 is 17.8 Å². The van der Waals surface area contributed by atoms with Crippen molar-refractivity contribution in [1.29, 1.82) is 0 Å². The molecule has 0 heterocycles. The second-order valence-corrected chi connectivity index (χ2v) is 6.61. The van der Waals surface area contributed by atoms with Gasteiger partial charge in [-0.15, -0.1) is 0 Å². The number of carbonyl (C=O) groups excluding carboxylic acids is 2. The molecule has 0 aliphatic heterocycles. The quantitative estimate of drug-likeness (QED) is 0.247. The first kappa shape index (κ1) is 20.1. The summed E-state index contributed by atoms with van der Waals surface area (Å²) in [6, 6.07) is 22.0. The van der Waals surface area contributed by atoms with E-state index in [0.717, 1.165) is 22.4 Å². The lowest BCUT2D eigenvalue weighted by Crippen LogP contribution is -2.13. The van der Waals surface area contributed by atoms with Gasteiger partial charge < -0.3 is 9.47 Å². The van der Waals surface area contributed by atoms with Gasteiger partial charge in [0, 0.05) is 0 Å². The van der Waals surface area contributed by atoms with Gasteiger partial charge in [0.25, 0.3) is 0 Å². The van der Waals surface area contributed by atoms with E-state index >= 15 is 0 Å². The molecule has 0 spiro atoms. The van der Waals surface area contributed by atoms with Gasteiger partial charge in [0.1, 0.15) is 11.5 Å². The average Bonchev–Trinajstić information content (AvgIpc) is 2.73. The molecule has 0 aliphatic carbocycles. The predicted molar refractivity (Wildman–Crippen MR) is 113 cm³/mol. The van der Waals surface area contributed by atoms with Gasteiger partial charge >= 0.3 is 5.97 Å². The molecule has 146 valence electrons. The van der Waals surface area contributed by atoms with E-state index in [0.29, 0.717) is 5.56 Å². The summed E-state index contributed by atoms with van der Waals surface area (Å²) in [6.07, 6.45) is 3.33. The molecule has 0 N–H and O–H groups in total. The molecule has 0 fully saturated rings. The first-order chi connectivity index (χ1) is 14.0. The summed E-state index contributed by atoms with van der Waals surface area (Å²) < 4.78 is 10.7. The molecule has 4 nitrogen and oxygen atoms in total. The van der Waals surface area contributed by atoms with Gasteiger partial charge in [0.2, 0.25) is 0 Å². The minimum Gasteiger partial charge on any atom is -0.497 e. The Balaban J connectivity index is 1.74. The summed E-state index contributed by atoms with van der Waals surface area (Å²) in [5, 5.41) is 0. The fourth-order valence-corrected chi connectivity index (χ4v) is 2.81. The van der Waals surface area contributed by atoms with Crippen LogP contribution in [0.4, 0.5) is 0 Å². The van der Waals surface area contributed by atoms with Crippen LogP contribution in [0.25, 0.3) is 6.08 Å². The van der Waals surface area contributed by atoms with Crippen LogP contribution in [0.3, 0.4) is 0 Å². The molecule has 0 radical (unpaired) electrons. The summed E-state index contributed by atoms with van der Waals surface area (Å²) in [5.74, 6) is 0.341. The van der Waals surface area contributed by atoms with Crippen molar-refractivity contribution in [2.75, 3.05) is 7.11 Å². The average molecular weight is 386 g/mol. The molecule has 3 aromatic rings. The predicted octanol–water partition coefficient (Wildman–Crippen LogP) is 5.05. The highest BCUT2D eigenvalue weighted by Gasteiger charge is 2.14. The number of hydrogen-bond donors (Lipinski definition) is 0. The van der Waals surface area contributed by atoms with Crippen molar-refractivity contribution in [2.24, 2.45) is 0 Å². The fraction of sp³-hybridized carbons (Fsp3) is 0.120. The first-order valence-electron chi connectivity index (χ1n) is 9.27. The highest BCUT2D eigenvalue weighted by Crippen LogP contribution is 2.23. The van der Waals surface area contributed by atoms with Gasteiger partial charge in [0.15, 0.2) is 5.78 Å². The standard InChI is InChI=1S/C25H22O4/c1-18-8-14-22(23(26)15-11-19-6-4-3-5-7-19)24(16-18)29-25(27)17-20-9-12-21(28-2)13-10-20/h3-16H,17H2,1-2H3/b15-11+. The number of allylic oxidation sites excluding steroid dienone is 1. The van der Waals surface area contributed by atoms with Gasteiger partial charge in [0.05, 0.1) is 19.1 Å². The maximum absolute atomic E-state index is 12.7. The van der Waals surface area contributed by atoms with E-state index in [4.69, 9.17) is 9.47 Å². The number of hydrogen-bond acceptors (Lipinski definition) is 4. The minimum absolute atomic E-state index is 0.103. The molecular weight excluding hydrogens is 364 g/mol. The molecule has 0 aromatic heterocycles. The van der Waals surface area contributed by atoms with Crippen molar-refractivity contribution in [3.63, 3.8) is 0 Å². The highest BCUT2D eigenvalue weighted by atomic mass is 16.5. The van der Waals surface area contributed by atoms with E-state index in [-0.39, 0.29) is 18.0 Å². The van der Waals surface area contributed by atoms with Crippen molar-refractivity contribution in [2.45, 2.75) is 13.3 Å². The monoisotopic (exact) mass is 386 g/mol. The Kier molecular flexibility index (Phi) is 6.59. The zero-order chi connectivity index (χ0) is 20.6. The minimum atomic E-state index is -0.429. The number of carbonyl (C=O) groups is 2. The number of ether oxygens (including phenoxy) is 2. The molecule has 3 rings (SSSR count). The molecule has 0 bridgehead atoms. The number of rotatable bonds is 7. The van der Waals surface area contributed by atoms with Gasteiger partial charge in [-0.2, -0.15) is 0 Å². The SMILES string of the molecule is COc1ccc(CC(=O)Oc2cc(C)ccc2C(=O)/C=C/c2ccccc2)cc1. The number of benzene rings is 3. The molecule has 0 saturated carbocycles. The molecule has 4 heteroatoms. The van der Waals surface area contributed by atoms with Crippen molar-refractivity contribution in [1.82, 2.24) is 0 Å². The van der Waals surface area contributed by atoms with Gasteiger partial charge in [-0.3, -0.25) is 9.59 Å². The topological polar surface area (TPSA) is 52.6 Å². The first-order valence-corrected chi connectivity index (χ1v) is 9.27. The second-order valence-electron chi connectivity index (χ2n) is 6.61. The van der Waals surface area contributed by atoms with Crippen LogP contribution >= 0.6 is 0 Å². The number of ketones is 1. The Bertz CT molecular complexity index is 1020. The summed E-state index contributed by atoms with van der Waals surface area (Å²) in [7, 11) is 1.59. The summed E-state index contributed by atoms with van der Waals surface area (Å²) in [5.41, 5.74) is 2.98.